The van der Waals surface area contributed by atoms with Gasteiger partial charge in [0.1, 0.15) is 5.75 Å². The first-order valence-corrected chi connectivity index (χ1v) is 6.41. The summed E-state index contributed by atoms with van der Waals surface area (Å²) in [4.78, 5) is 11.9. The maximum atomic E-state index is 11.9. The highest BCUT2D eigenvalue weighted by Gasteiger charge is 2.53. The minimum Gasteiger partial charge on any atom is -0.497 e. The van der Waals surface area contributed by atoms with Crippen molar-refractivity contribution in [2.75, 3.05) is 20.2 Å². The highest BCUT2D eigenvalue weighted by atomic mass is 16.5. The molecule has 1 aromatic rings. The number of rotatable bonds is 4. The first-order chi connectivity index (χ1) is 8.78. The summed E-state index contributed by atoms with van der Waals surface area (Å²) >= 11 is 0. The van der Waals surface area contributed by atoms with Crippen molar-refractivity contribution < 1.29 is 9.53 Å². The fourth-order valence-electron chi connectivity index (χ4n) is 2.84. The lowest BCUT2D eigenvalue weighted by Crippen LogP contribution is -2.33. The lowest BCUT2D eigenvalue weighted by molar-refractivity contribution is -0.120. The van der Waals surface area contributed by atoms with Crippen molar-refractivity contribution in [3.63, 3.8) is 0 Å². The Labute approximate surface area is 107 Å². The molecular weight excluding hydrogens is 228 g/mol. The van der Waals surface area contributed by atoms with E-state index >= 15 is 0 Å². The fraction of sp³-hybridized carbons (Fsp3) is 0.500. The second-order valence-corrected chi connectivity index (χ2v) is 5.11. The standard InChI is InChI=1S/C14H18N2O2/c1-18-10-4-2-3-9(5-10)6-13(17)16-14-11-7-15-8-12(11)14/h2-5,11-12,14-15H,6-8H2,1H3,(H,16,17). The molecule has 0 spiro atoms. The molecule has 2 aliphatic rings. The Morgan fingerprint density at radius 2 is 2.22 bits per heavy atom. The fourth-order valence-corrected chi connectivity index (χ4v) is 2.84. The number of carbonyl (C=O) groups is 1. The van der Waals surface area contributed by atoms with Crippen LogP contribution in [0.4, 0.5) is 0 Å². The Morgan fingerprint density at radius 3 is 2.94 bits per heavy atom. The SMILES string of the molecule is COc1cccc(CC(=O)NC2C3CNCC32)c1. The van der Waals surface area contributed by atoms with Crippen molar-refractivity contribution >= 4 is 5.91 Å². The first-order valence-electron chi connectivity index (χ1n) is 6.41. The van der Waals surface area contributed by atoms with E-state index < -0.39 is 0 Å². The van der Waals surface area contributed by atoms with E-state index in [1.807, 2.05) is 24.3 Å². The quantitative estimate of drug-likeness (QED) is 0.816. The average Bonchev–Trinajstić information content (AvgIpc) is 2.82. The van der Waals surface area contributed by atoms with Crippen LogP contribution in [0.25, 0.3) is 0 Å². The van der Waals surface area contributed by atoms with Crippen molar-refractivity contribution in [2.24, 2.45) is 11.8 Å². The molecule has 2 unspecified atom stereocenters. The maximum Gasteiger partial charge on any atom is 0.224 e. The molecule has 1 saturated carbocycles. The van der Waals surface area contributed by atoms with Gasteiger partial charge in [-0.1, -0.05) is 12.1 Å². The summed E-state index contributed by atoms with van der Waals surface area (Å²) in [5, 5.41) is 6.44. The van der Waals surface area contributed by atoms with E-state index in [9.17, 15) is 4.79 Å². The van der Waals surface area contributed by atoms with Crippen LogP contribution in [0.3, 0.4) is 0 Å². The number of hydrogen-bond donors (Lipinski definition) is 2. The monoisotopic (exact) mass is 246 g/mol. The summed E-state index contributed by atoms with van der Waals surface area (Å²) in [5.74, 6) is 2.24. The van der Waals surface area contributed by atoms with Gasteiger partial charge in [-0.2, -0.15) is 0 Å². The predicted molar refractivity (Wildman–Crippen MR) is 68.5 cm³/mol. The van der Waals surface area contributed by atoms with Crippen LogP contribution in [0.1, 0.15) is 5.56 Å². The van der Waals surface area contributed by atoms with Crippen molar-refractivity contribution in [2.45, 2.75) is 12.5 Å². The van der Waals surface area contributed by atoms with Crippen LogP contribution < -0.4 is 15.4 Å². The van der Waals surface area contributed by atoms with Gasteiger partial charge in [0.15, 0.2) is 0 Å². The highest BCUT2D eigenvalue weighted by Crippen LogP contribution is 2.41. The van der Waals surface area contributed by atoms with Gasteiger partial charge in [0.25, 0.3) is 0 Å². The third-order valence-electron chi connectivity index (χ3n) is 3.92. The highest BCUT2D eigenvalue weighted by molar-refractivity contribution is 5.79. The van der Waals surface area contributed by atoms with Crippen LogP contribution in [0.15, 0.2) is 24.3 Å². The number of methoxy groups -OCH3 is 1. The molecule has 1 aromatic carbocycles. The molecule has 2 N–H and O–H groups in total. The average molecular weight is 246 g/mol. The molecule has 0 bridgehead atoms. The zero-order chi connectivity index (χ0) is 12.5. The molecule has 3 rings (SSSR count). The number of piperidine rings is 1. The van der Waals surface area contributed by atoms with Crippen molar-refractivity contribution in [3.05, 3.63) is 29.8 Å². The largest absolute Gasteiger partial charge is 0.497 e. The van der Waals surface area contributed by atoms with Gasteiger partial charge in [0.05, 0.1) is 13.5 Å². The minimum atomic E-state index is 0.114. The minimum absolute atomic E-state index is 0.114. The molecule has 4 nitrogen and oxygen atoms in total. The summed E-state index contributed by atoms with van der Waals surface area (Å²) in [6.45, 7) is 2.10. The topological polar surface area (TPSA) is 50.4 Å². The number of ether oxygens (including phenoxy) is 1. The van der Waals surface area contributed by atoms with Gasteiger partial charge in [0, 0.05) is 19.1 Å². The first kappa shape index (κ1) is 11.5. The second-order valence-electron chi connectivity index (χ2n) is 5.11. The molecule has 1 amide bonds. The lowest BCUT2D eigenvalue weighted by Gasteiger charge is -2.08. The Kier molecular flexibility index (Phi) is 2.96. The van der Waals surface area contributed by atoms with Gasteiger partial charge >= 0.3 is 0 Å². The van der Waals surface area contributed by atoms with E-state index in [1.54, 1.807) is 7.11 Å². The van der Waals surface area contributed by atoms with Gasteiger partial charge in [0.2, 0.25) is 5.91 Å². The lowest BCUT2D eigenvalue weighted by atomic mass is 10.1. The van der Waals surface area contributed by atoms with Crippen LogP contribution in [0.5, 0.6) is 5.75 Å². The summed E-state index contributed by atoms with van der Waals surface area (Å²) in [6, 6.07) is 8.08. The third kappa shape index (κ3) is 2.20. The molecule has 96 valence electrons. The van der Waals surface area contributed by atoms with E-state index in [-0.39, 0.29) is 5.91 Å². The third-order valence-corrected chi connectivity index (χ3v) is 3.92. The second kappa shape index (κ2) is 4.61. The molecule has 18 heavy (non-hydrogen) atoms. The van der Waals surface area contributed by atoms with Crippen LogP contribution in [0, 0.1) is 11.8 Å². The molecular formula is C14H18N2O2. The summed E-state index contributed by atoms with van der Waals surface area (Å²) in [6.07, 6.45) is 0.431. The Hall–Kier alpha value is -1.55. The van der Waals surface area contributed by atoms with Gasteiger partial charge < -0.3 is 15.4 Å². The number of hydrogen-bond acceptors (Lipinski definition) is 3. The summed E-state index contributed by atoms with van der Waals surface area (Å²) in [7, 11) is 1.64. The summed E-state index contributed by atoms with van der Waals surface area (Å²) in [5.41, 5.74) is 0.996. The van der Waals surface area contributed by atoms with Crippen molar-refractivity contribution in [3.8, 4) is 5.75 Å². The number of fused-ring (bicyclic) bond motifs is 1. The van der Waals surface area contributed by atoms with Crippen LogP contribution in [0.2, 0.25) is 0 Å². The normalized spacial score (nSPS) is 28.6. The number of benzene rings is 1. The van der Waals surface area contributed by atoms with Gasteiger partial charge in [-0.15, -0.1) is 0 Å². The predicted octanol–water partition coefficient (Wildman–Crippen LogP) is 0.572. The van der Waals surface area contributed by atoms with Crippen LogP contribution in [-0.2, 0) is 11.2 Å². The molecule has 2 fully saturated rings. The van der Waals surface area contributed by atoms with E-state index in [1.165, 1.54) is 0 Å². The Bertz CT molecular complexity index is 451. The number of nitrogens with one attached hydrogen (secondary N) is 2. The smallest absolute Gasteiger partial charge is 0.224 e. The number of amides is 1. The Morgan fingerprint density at radius 1 is 1.44 bits per heavy atom. The maximum absolute atomic E-state index is 11.9. The molecule has 0 radical (unpaired) electrons. The summed E-state index contributed by atoms with van der Waals surface area (Å²) < 4.78 is 5.15. The Balaban J connectivity index is 1.54. The molecule has 1 aliphatic carbocycles. The molecule has 0 aromatic heterocycles. The van der Waals surface area contributed by atoms with Crippen LogP contribution in [-0.4, -0.2) is 32.1 Å². The van der Waals surface area contributed by atoms with Gasteiger partial charge in [-0.05, 0) is 29.5 Å². The zero-order valence-corrected chi connectivity index (χ0v) is 10.5. The van der Waals surface area contributed by atoms with Crippen molar-refractivity contribution in [1.82, 2.24) is 10.6 Å². The van der Waals surface area contributed by atoms with E-state index in [4.69, 9.17) is 4.74 Å². The molecule has 1 heterocycles. The van der Waals surface area contributed by atoms with E-state index in [0.717, 1.165) is 24.4 Å². The van der Waals surface area contributed by atoms with Crippen LogP contribution >= 0.6 is 0 Å². The van der Waals surface area contributed by atoms with Gasteiger partial charge in [-0.3, -0.25) is 4.79 Å². The van der Waals surface area contributed by atoms with Gasteiger partial charge in [-0.25, -0.2) is 0 Å². The zero-order valence-electron chi connectivity index (χ0n) is 10.5. The van der Waals surface area contributed by atoms with E-state index in [0.29, 0.717) is 24.3 Å². The van der Waals surface area contributed by atoms with Crippen molar-refractivity contribution in [1.29, 1.82) is 0 Å². The van der Waals surface area contributed by atoms with E-state index in [2.05, 4.69) is 10.6 Å². The molecule has 1 saturated heterocycles. The molecule has 1 aliphatic heterocycles. The molecule has 4 heteroatoms. The molecule has 2 atom stereocenters. The number of carbonyl (C=O) groups excluding carboxylic acids is 1.